The first-order valence-electron chi connectivity index (χ1n) is 5.15. The highest BCUT2D eigenvalue weighted by molar-refractivity contribution is 6.04. The van der Waals surface area contributed by atoms with E-state index < -0.39 is 5.82 Å². The molecule has 2 rings (SSSR count). The number of para-hydroxylation sites is 1. The van der Waals surface area contributed by atoms with Gasteiger partial charge in [0.05, 0.1) is 5.69 Å². The number of carbonyl (C=O) groups is 1. The number of hydrogen-bond acceptors (Lipinski definition) is 1. The maximum absolute atomic E-state index is 13.3. The first kappa shape index (κ1) is 11.3. The van der Waals surface area contributed by atoms with Crippen LogP contribution in [0, 0.1) is 12.7 Å². The quantitative estimate of drug-likeness (QED) is 0.839. The third kappa shape index (κ3) is 2.69. The zero-order valence-electron chi connectivity index (χ0n) is 9.11. The highest BCUT2D eigenvalue weighted by atomic mass is 19.1. The first-order valence-corrected chi connectivity index (χ1v) is 5.15. The first-order chi connectivity index (χ1) is 8.16. The molecule has 0 saturated heterocycles. The standard InChI is InChI=1S/C14H11FNO/c1-10-5-4-6-11(9-10)14(17)16-13-8-3-2-7-12(13)15/h2-9H,1H2,(H,16,17). The van der Waals surface area contributed by atoms with Gasteiger partial charge in [-0.25, -0.2) is 4.39 Å². The summed E-state index contributed by atoms with van der Waals surface area (Å²) >= 11 is 0. The minimum Gasteiger partial charge on any atom is -0.319 e. The molecular formula is C14H11FNO. The third-order valence-electron chi connectivity index (χ3n) is 2.31. The van der Waals surface area contributed by atoms with Crippen LogP contribution in [0.1, 0.15) is 15.9 Å². The average molecular weight is 228 g/mol. The van der Waals surface area contributed by atoms with E-state index >= 15 is 0 Å². The third-order valence-corrected chi connectivity index (χ3v) is 2.31. The average Bonchev–Trinajstić information content (AvgIpc) is 2.32. The number of nitrogens with one attached hydrogen (secondary N) is 1. The lowest BCUT2D eigenvalue weighted by Gasteiger charge is -2.06. The summed E-state index contributed by atoms with van der Waals surface area (Å²) in [7, 11) is 0. The van der Waals surface area contributed by atoms with E-state index in [0.29, 0.717) is 5.56 Å². The summed E-state index contributed by atoms with van der Waals surface area (Å²) < 4.78 is 13.3. The Kier molecular flexibility index (Phi) is 3.19. The van der Waals surface area contributed by atoms with E-state index in [1.54, 1.807) is 36.4 Å². The van der Waals surface area contributed by atoms with E-state index in [4.69, 9.17) is 0 Å². The second kappa shape index (κ2) is 4.78. The Morgan fingerprint density at radius 2 is 1.88 bits per heavy atom. The molecule has 1 radical (unpaired) electrons. The van der Waals surface area contributed by atoms with Crippen molar-refractivity contribution in [3.05, 3.63) is 72.4 Å². The number of amides is 1. The van der Waals surface area contributed by atoms with Crippen LogP contribution in [0.25, 0.3) is 0 Å². The summed E-state index contributed by atoms with van der Waals surface area (Å²) in [6, 6.07) is 12.9. The van der Waals surface area contributed by atoms with Gasteiger partial charge in [-0.3, -0.25) is 4.79 Å². The molecule has 0 unspecified atom stereocenters. The summed E-state index contributed by atoms with van der Waals surface area (Å²) in [5, 5.41) is 2.51. The summed E-state index contributed by atoms with van der Waals surface area (Å²) in [6.45, 7) is 3.73. The van der Waals surface area contributed by atoms with Gasteiger partial charge in [0.25, 0.3) is 5.91 Å². The zero-order chi connectivity index (χ0) is 12.3. The van der Waals surface area contributed by atoms with Crippen LogP contribution >= 0.6 is 0 Å². The molecule has 0 atom stereocenters. The molecule has 2 nitrogen and oxygen atoms in total. The Bertz CT molecular complexity index is 551. The molecular weight excluding hydrogens is 217 g/mol. The summed E-state index contributed by atoms with van der Waals surface area (Å²) in [5.41, 5.74) is 1.37. The topological polar surface area (TPSA) is 29.1 Å². The van der Waals surface area contributed by atoms with E-state index in [1.807, 2.05) is 0 Å². The molecule has 0 aliphatic heterocycles. The second-order valence-electron chi connectivity index (χ2n) is 3.63. The summed E-state index contributed by atoms with van der Waals surface area (Å²) in [6.07, 6.45) is 0. The Morgan fingerprint density at radius 3 is 2.59 bits per heavy atom. The Balaban J connectivity index is 2.20. The lowest BCUT2D eigenvalue weighted by molar-refractivity contribution is 0.102. The van der Waals surface area contributed by atoms with Crippen LogP contribution in [0.2, 0.25) is 0 Å². The summed E-state index contributed by atoms with van der Waals surface area (Å²) in [4.78, 5) is 11.8. The smallest absolute Gasteiger partial charge is 0.255 e. The monoisotopic (exact) mass is 228 g/mol. The molecule has 1 N–H and O–H groups in total. The fourth-order valence-corrected chi connectivity index (χ4v) is 1.47. The molecule has 0 aliphatic carbocycles. The van der Waals surface area contributed by atoms with Gasteiger partial charge >= 0.3 is 0 Å². The highest BCUT2D eigenvalue weighted by Crippen LogP contribution is 2.14. The fourth-order valence-electron chi connectivity index (χ4n) is 1.47. The van der Waals surface area contributed by atoms with Crippen molar-refractivity contribution in [3.8, 4) is 0 Å². The molecule has 0 heterocycles. The number of hydrogen-bond donors (Lipinski definition) is 1. The van der Waals surface area contributed by atoms with Gasteiger partial charge in [0, 0.05) is 5.56 Å². The Labute approximate surface area is 99.1 Å². The maximum Gasteiger partial charge on any atom is 0.255 e. The molecule has 1 amide bonds. The molecule has 2 aromatic rings. The molecule has 0 fully saturated rings. The van der Waals surface area contributed by atoms with E-state index in [1.165, 1.54) is 12.1 Å². The SMILES string of the molecule is [CH2]c1cccc(C(=O)Nc2ccccc2F)c1. The molecule has 2 aromatic carbocycles. The number of carbonyl (C=O) groups excluding carboxylic acids is 1. The molecule has 0 spiro atoms. The second-order valence-corrected chi connectivity index (χ2v) is 3.63. The van der Waals surface area contributed by atoms with Crippen LogP contribution in [0.3, 0.4) is 0 Å². The van der Waals surface area contributed by atoms with E-state index in [-0.39, 0.29) is 11.6 Å². The number of anilines is 1. The van der Waals surface area contributed by atoms with Gasteiger partial charge < -0.3 is 5.32 Å². The van der Waals surface area contributed by atoms with E-state index in [2.05, 4.69) is 12.2 Å². The highest BCUT2D eigenvalue weighted by Gasteiger charge is 2.08. The van der Waals surface area contributed by atoms with E-state index in [9.17, 15) is 9.18 Å². The van der Waals surface area contributed by atoms with Gasteiger partial charge in [-0.15, -0.1) is 0 Å². The predicted molar refractivity (Wildman–Crippen MR) is 65.3 cm³/mol. The van der Waals surface area contributed by atoms with Crippen LogP contribution < -0.4 is 5.32 Å². The zero-order valence-corrected chi connectivity index (χ0v) is 9.11. The molecule has 0 aromatic heterocycles. The van der Waals surface area contributed by atoms with Crippen molar-refractivity contribution in [2.75, 3.05) is 5.32 Å². The van der Waals surface area contributed by atoms with Crippen LogP contribution in [-0.2, 0) is 0 Å². The Hall–Kier alpha value is -2.16. The van der Waals surface area contributed by atoms with Crippen molar-refractivity contribution < 1.29 is 9.18 Å². The maximum atomic E-state index is 13.3. The van der Waals surface area contributed by atoms with Gasteiger partial charge in [-0.1, -0.05) is 24.3 Å². The molecule has 85 valence electrons. The number of rotatable bonds is 2. The predicted octanol–water partition coefficient (Wildman–Crippen LogP) is 3.26. The largest absolute Gasteiger partial charge is 0.319 e. The van der Waals surface area contributed by atoms with Gasteiger partial charge in [0.15, 0.2) is 0 Å². The van der Waals surface area contributed by atoms with Crippen LogP contribution in [0.15, 0.2) is 48.5 Å². The van der Waals surface area contributed by atoms with Crippen LogP contribution in [-0.4, -0.2) is 5.91 Å². The van der Waals surface area contributed by atoms with Crippen LogP contribution in [0.4, 0.5) is 10.1 Å². The van der Waals surface area contributed by atoms with Crippen LogP contribution in [0.5, 0.6) is 0 Å². The van der Waals surface area contributed by atoms with Crippen molar-refractivity contribution in [2.24, 2.45) is 0 Å². The molecule has 0 saturated carbocycles. The van der Waals surface area contributed by atoms with Crippen molar-refractivity contribution in [1.29, 1.82) is 0 Å². The van der Waals surface area contributed by atoms with Crippen molar-refractivity contribution in [2.45, 2.75) is 0 Å². The molecule has 0 aliphatic rings. The van der Waals surface area contributed by atoms with Gasteiger partial charge in [0.1, 0.15) is 5.82 Å². The van der Waals surface area contributed by atoms with E-state index in [0.717, 1.165) is 5.56 Å². The fraction of sp³-hybridized carbons (Fsp3) is 0. The molecule has 17 heavy (non-hydrogen) atoms. The van der Waals surface area contributed by atoms with Crippen molar-refractivity contribution in [3.63, 3.8) is 0 Å². The van der Waals surface area contributed by atoms with Crippen molar-refractivity contribution >= 4 is 11.6 Å². The number of benzene rings is 2. The number of halogens is 1. The minimum absolute atomic E-state index is 0.173. The van der Waals surface area contributed by atoms with Gasteiger partial charge in [-0.2, -0.15) is 0 Å². The van der Waals surface area contributed by atoms with Crippen molar-refractivity contribution in [1.82, 2.24) is 0 Å². The lowest BCUT2D eigenvalue weighted by Crippen LogP contribution is -2.12. The van der Waals surface area contributed by atoms with Gasteiger partial charge in [-0.05, 0) is 36.8 Å². The Morgan fingerprint density at radius 1 is 1.12 bits per heavy atom. The van der Waals surface area contributed by atoms with Gasteiger partial charge in [0.2, 0.25) is 0 Å². The summed E-state index contributed by atoms with van der Waals surface area (Å²) in [5.74, 6) is -0.799. The lowest BCUT2D eigenvalue weighted by atomic mass is 10.1. The normalized spacial score (nSPS) is 10.0. The molecule has 0 bridgehead atoms. The molecule has 3 heteroatoms. The minimum atomic E-state index is -0.452.